The number of benzene rings is 1. The van der Waals surface area contributed by atoms with Gasteiger partial charge in [-0.25, -0.2) is 0 Å². The van der Waals surface area contributed by atoms with Gasteiger partial charge in [-0.15, -0.1) is 11.6 Å². The zero-order valence-corrected chi connectivity index (χ0v) is 9.87. The van der Waals surface area contributed by atoms with Gasteiger partial charge in [-0.05, 0) is 18.4 Å². The van der Waals surface area contributed by atoms with Gasteiger partial charge in [-0.1, -0.05) is 30.3 Å². The van der Waals surface area contributed by atoms with Gasteiger partial charge in [0, 0.05) is 18.7 Å². The molecule has 0 bridgehead atoms. The first-order chi connectivity index (χ1) is 7.74. The highest BCUT2D eigenvalue weighted by Crippen LogP contribution is 2.04. The van der Waals surface area contributed by atoms with E-state index in [0.29, 0.717) is 18.7 Å². The predicted octanol–water partition coefficient (Wildman–Crippen LogP) is 2.78. The lowest BCUT2D eigenvalue weighted by molar-refractivity contribution is -0.136. The van der Waals surface area contributed by atoms with E-state index >= 15 is 0 Å². The lowest BCUT2D eigenvalue weighted by Crippen LogP contribution is -2.16. The van der Waals surface area contributed by atoms with Crippen LogP contribution in [0.1, 0.15) is 24.8 Å². The molecule has 2 nitrogen and oxygen atoms in total. The van der Waals surface area contributed by atoms with Crippen LogP contribution in [-0.4, -0.2) is 17.4 Å². The number of halogens is 1. The van der Waals surface area contributed by atoms with E-state index in [1.54, 1.807) is 0 Å². The fourth-order valence-electron chi connectivity index (χ4n) is 1.40. The Kier molecular flexibility index (Phi) is 5.79. The van der Waals surface area contributed by atoms with Crippen LogP contribution in [0, 0.1) is 0 Å². The molecule has 0 amide bonds. The maximum Gasteiger partial charge on any atom is 0.202 e. The molecule has 0 aromatic heterocycles. The van der Waals surface area contributed by atoms with Crippen molar-refractivity contribution in [2.75, 3.05) is 5.88 Å². The van der Waals surface area contributed by atoms with Gasteiger partial charge in [0.15, 0.2) is 5.78 Å². The molecular formula is C13H15ClO2. The Morgan fingerprint density at radius 3 is 2.31 bits per heavy atom. The van der Waals surface area contributed by atoms with Crippen LogP contribution in [0.2, 0.25) is 0 Å². The van der Waals surface area contributed by atoms with Gasteiger partial charge in [-0.3, -0.25) is 9.59 Å². The molecular weight excluding hydrogens is 224 g/mol. The number of carbonyl (C=O) groups is 2. The maximum atomic E-state index is 11.5. The monoisotopic (exact) mass is 238 g/mol. The van der Waals surface area contributed by atoms with Crippen molar-refractivity contribution in [3.63, 3.8) is 0 Å². The van der Waals surface area contributed by atoms with E-state index in [-0.39, 0.29) is 18.0 Å². The largest absolute Gasteiger partial charge is 0.291 e. The van der Waals surface area contributed by atoms with E-state index in [4.69, 9.17) is 11.6 Å². The number of unbranched alkanes of at least 4 members (excludes halogenated alkanes) is 1. The first kappa shape index (κ1) is 12.9. The third-order valence-electron chi connectivity index (χ3n) is 2.31. The SMILES string of the molecule is O=C(CCCCCl)C(=O)Cc1ccccc1. The van der Waals surface area contributed by atoms with Crippen molar-refractivity contribution in [2.45, 2.75) is 25.7 Å². The molecule has 0 spiro atoms. The fourth-order valence-corrected chi connectivity index (χ4v) is 1.59. The highest BCUT2D eigenvalue weighted by atomic mass is 35.5. The molecule has 0 heterocycles. The van der Waals surface area contributed by atoms with Crippen LogP contribution >= 0.6 is 11.6 Å². The third-order valence-corrected chi connectivity index (χ3v) is 2.57. The molecule has 1 aromatic rings. The average molecular weight is 239 g/mol. The van der Waals surface area contributed by atoms with Crippen molar-refractivity contribution in [1.82, 2.24) is 0 Å². The minimum absolute atomic E-state index is 0.209. The van der Waals surface area contributed by atoms with E-state index in [0.717, 1.165) is 12.0 Å². The number of carbonyl (C=O) groups excluding carboxylic acids is 2. The molecule has 0 aliphatic heterocycles. The number of Topliss-reactive ketones (excluding diaryl/α,β-unsaturated/α-hetero) is 2. The molecule has 0 aliphatic carbocycles. The van der Waals surface area contributed by atoms with Crippen molar-refractivity contribution in [3.8, 4) is 0 Å². The normalized spacial score (nSPS) is 10.1. The summed E-state index contributed by atoms with van der Waals surface area (Å²) < 4.78 is 0. The molecule has 0 saturated carbocycles. The lowest BCUT2D eigenvalue weighted by Gasteiger charge is -2.00. The first-order valence-electron chi connectivity index (χ1n) is 5.40. The molecule has 1 rings (SSSR count). The zero-order valence-electron chi connectivity index (χ0n) is 9.12. The van der Waals surface area contributed by atoms with Gasteiger partial charge in [0.2, 0.25) is 5.78 Å². The van der Waals surface area contributed by atoms with E-state index < -0.39 is 0 Å². The molecule has 0 fully saturated rings. The Morgan fingerprint density at radius 1 is 1.00 bits per heavy atom. The molecule has 0 aliphatic rings. The Labute approximate surface area is 101 Å². The summed E-state index contributed by atoms with van der Waals surface area (Å²) in [5, 5.41) is 0. The van der Waals surface area contributed by atoms with Crippen molar-refractivity contribution in [2.24, 2.45) is 0 Å². The van der Waals surface area contributed by atoms with Gasteiger partial charge < -0.3 is 0 Å². The second kappa shape index (κ2) is 7.18. The van der Waals surface area contributed by atoms with E-state index in [2.05, 4.69) is 0 Å². The van der Waals surface area contributed by atoms with E-state index in [1.807, 2.05) is 30.3 Å². The van der Waals surface area contributed by atoms with Crippen molar-refractivity contribution in [1.29, 1.82) is 0 Å². The van der Waals surface area contributed by atoms with Gasteiger partial charge in [-0.2, -0.15) is 0 Å². The molecule has 1 aromatic carbocycles. The minimum atomic E-state index is -0.305. The lowest BCUT2D eigenvalue weighted by atomic mass is 10.0. The molecule has 86 valence electrons. The van der Waals surface area contributed by atoms with Crippen LogP contribution in [-0.2, 0) is 16.0 Å². The minimum Gasteiger partial charge on any atom is -0.291 e. The Balaban J connectivity index is 2.38. The summed E-state index contributed by atoms with van der Waals surface area (Å²) in [6, 6.07) is 9.31. The molecule has 16 heavy (non-hydrogen) atoms. The quantitative estimate of drug-likeness (QED) is 0.416. The molecule has 0 saturated heterocycles. The van der Waals surface area contributed by atoms with Crippen molar-refractivity contribution >= 4 is 23.2 Å². The predicted molar refractivity (Wildman–Crippen MR) is 64.7 cm³/mol. The number of alkyl halides is 1. The second-order valence-corrected chi connectivity index (χ2v) is 4.03. The van der Waals surface area contributed by atoms with E-state index in [1.165, 1.54) is 0 Å². The zero-order chi connectivity index (χ0) is 11.8. The van der Waals surface area contributed by atoms with Gasteiger partial charge in [0.1, 0.15) is 0 Å². The topological polar surface area (TPSA) is 34.1 Å². The highest BCUT2D eigenvalue weighted by molar-refractivity contribution is 6.37. The summed E-state index contributed by atoms with van der Waals surface area (Å²) in [5.74, 6) is -0.0464. The summed E-state index contributed by atoms with van der Waals surface area (Å²) in [6.07, 6.45) is 2.01. The van der Waals surface area contributed by atoms with Crippen molar-refractivity contribution < 1.29 is 9.59 Å². The second-order valence-electron chi connectivity index (χ2n) is 3.65. The molecule has 0 N–H and O–H groups in total. The number of ketones is 2. The van der Waals surface area contributed by atoms with Crippen LogP contribution in [0.4, 0.5) is 0 Å². The van der Waals surface area contributed by atoms with Crippen molar-refractivity contribution in [3.05, 3.63) is 35.9 Å². The van der Waals surface area contributed by atoms with Crippen LogP contribution in [0.15, 0.2) is 30.3 Å². The third kappa shape index (κ3) is 4.58. The number of hydrogen-bond acceptors (Lipinski definition) is 2. The summed E-state index contributed by atoms with van der Waals surface area (Å²) in [7, 11) is 0. The molecule has 0 unspecified atom stereocenters. The maximum absolute atomic E-state index is 11.5. The van der Waals surface area contributed by atoms with E-state index in [9.17, 15) is 9.59 Å². The van der Waals surface area contributed by atoms with Gasteiger partial charge in [0.05, 0.1) is 0 Å². The van der Waals surface area contributed by atoms with Gasteiger partial charge >= 0.3 is 0 Å². The standard InChI is InChI=1S/C13H15ClO2/c14-9-5-4-8-12(15)13(16)10-11-6-2-1-3-7-11/h1-3,6-7H,4-5,8-10H2. The number of rotatable bonds is 7. The number of hydrogen-bond donors (Lipinski definition) is 0. The Morgan fingerprint density at radius 2 is 1.69 bits per heavy atom. The summed E-state index contributed by atoms with van der Waals surface area (Å²) in [6.45, 7) is 0. The van der Waals surface area contributed by atoms with Crippen LogP contribution in [0.25, 0.3) is 0 Å². The first-order valence-corrected chi connectivity index (χ1v) is 5.93. The fraction of sp³-hybridized carbons (Fsp3) is 0.385. The van der Waals surface area contributed by atoms with Crippen LogP contribution < -0.4 is 0 Å². The summed E-state index contributed by atoms with van der Waals surface area (Å²) in [4.78, 5) is 23.0. The molecule has 0 atom stereocenters. The van der Waals surface area contributed by atoms with Gasteiger partial charge in [0.25, 0.3) is 0 Å². The molecule has 3 heteroatoms. The average Bonchev–Trinajstić information content (AvgIpc) is 2.30. The smallest absolute Gasteiger partial charge is 0.202 e. The van der Waals surface area contributed by atoms with Crippen LogP contribution in [0.5, 0.6) is 0 Å². The summed E-state index contributed by atoms with van der Waals surface area (Å²) >= 11 is 5.50. The molecule has 0 radical (unpaired) electrons. The Hall–Kier alpha value is -1.15. The highest BCUT2D eigenvalue weighted by Gasteiger charge is 2.13. The van der Waals surface area contributed by atoms with Crippen LogP contribution in [0.3, 0.4) is 0 Å². The Bertz CT molecular complexity index is 346. The summed E-state index contributed by atoms with van der Waals surface area (Å²) in [5.41, 5.74) is 0.887.